The van der Waals surface area contributed by atoms with Crippen LogP contribution in [0.25, 0.3) is 0 Å². The summed E-state index contributed by atoms with van der Waals surface area (Å²) in [7, 11) is 0. The van der Waals surface area contributed by atoms with Crippen molar-refractivity contribution in [3.05, 3.63) is 0 Å². The number of carbonyl (C=O) groups excluding carboxylic acids is 1. The Kier molecular flexibility index (Phi) is 7.07. The van der Waals surface area contributed by atoms with Gasteiger partial charge in [0.05, 0.1) is 13.1 Å². The third kappa shape index (κ3) is 8.49. The molecule has 0 spiro atoms. The molecule has 0 aromatic heterocycles. The van der Waals surface area contributed by atoms with E-state index < -0.39 is 18.6 Å². The Bertz CT molecular complexity index is 209. The Morgan fingerprint density at radius 2 is 2.06 bits per heavy atom. The van der Waals surface area contributed by atoms with Gasteiger partial charge in [0, 0.05) is 13.1 Å². The number of amides is 1. The quantitative estimate of drug-likeness (QED) is 0.675. The molecule has 96 valence electrons. The van der Waals surface area contributed by atoms with Crippen molar-refractivity contribution in [3.8, 4) is 0 Å². The van der Waals surface area contributed by atoms with Gasteiger partial charge in [-0.1, -0.05) is 6.92 Å². The van der Waals surface area contributed by atoms with Crippen LogP contribution < -0.4 is 11.1 Å². The topological polar surface area (TPSA) is 58.4 Å². The number of nitrogens with one attached hydrogen (secondary N) is 1. The minimum absolute atomic E-state index is 0.243. The fraction of sp³-hybridized carbons (Fsp3) is 0.889. The summed E-state index contributed by atoms with van der Waals surface area (Å²) in [5.74, 6) is -0.428. The molecular weight excluding hydrogens is 223 g/mol. The van der Waals surface area contributed by atoms with Gasteiger partial charge in [0.25, 0.3) is 0 Å². The molecule has 0 rings (SSSR count). The van der Waals surface area contributed by atoms with E-state index >= 15 is 0 Å². The minimum Gasteiger partial charge on any atom is -0.354 e. The van der Waals surface area contributed by atoms with Crippen molar-refractivity contribution in [2.45, 2.75) is 19.5 Å². The molecule has 0 aliphatic carbocycles. The summed E-state index contributed by atoms with van der Waals surface area (Å²) in [4.78, 5) is 12.3. The Balaban J connectivity index is 4.06. The smallest absolute Gasteiger partial charge is 0.354 e. The number of rotatable bonds is 7. The molecule has 0 saturated carbocycles. The summed E-state index contributed by atoms with van der Waals surface area (Å²) >= 11 is 0. The fourth-order valence-electron chi connectivity index (χ4n) is 1.25. The van der Waals surface area contributed by atoms with Crippen LogP contribution in [0.1, 0.15) is 13.3 Å². The number of carbonyl (C=O) groups is 1. The van der Waals surface area contributed by atoms with E-state index in [0.717, 1.165) is 4.90 Å². The van der Waals surface area contributed by atoms with Crippen LogP contribution in [0.4, 0.5) is 13.2 Å². The molecule has 0 heterocycles. The third-order valence-electron chi connectivity index (χ3n) is 1.78. The van der Waals surface area contributed by atoms with Gasteiger partial charge in [-0.05, 0) is 13.0 Å². The maximum absolute atomic E-state index is 12.1. The van der Waals surface area contributed by atoms with E-state index in [9.17, 15) is 18.0 Å². The number of alkyl halides is 3. The van der Waals surface area contributed by atoms with Gasteiger partial charge in [0.15, 0.2) is 0 Å². The van der Waals surface area contributed by atoms with Crippen molar-refractivity contribution in [3.63, 3.8) is 0 Å². The summed E-state index contributed by atoms with van der Waals surface area (Å²) in [6, 6.07) is 0. The Morgan fingerprint density at radius 1 is 1.44 bits per heavy atom. The van der Waals surface area contributed by atoms with Crippen LogP contribution in [0.2, 0.25) is 0 Å². The van der Waals surface area contributed by atoms with Crippen LogP contribution in [0, 0.1) is 0 Å². The lowest BCUT2D eigenvalue weighted by Gasteiger charge is -2.22. The van der Waals surface area contributed by atoms with Crippen LogP contribution in [-0.4, -0.2) is 49.7 Å². The molecule has 0 atom stereocenters. The Hall–Kier alpha value is -0.820. The summed E-state index contributed by atoms with van der Waals surface area (Å²) in [5, 5.41) is 2.43. The molecule has 0 saturated heterocycles. The maximum Gasteiger partial charge on any atom is 0.401 e. The first-order chi connectivity index (χ1) is 7.39. The van der Waals surface area contributed by atoms with E-state index in [4.69, 9.17) is 5.73 Å². The van der Waals surface area contributed by atoms with E-state index in [0.29, 0.717) is 6.42 Å². The van der Waals surface area contributed by atoms with E-state index in [-0.39, 0.29) is 26.2 Å². The zero-order chi connectivity index (χ0) is 12.6. The first kappa shape index (κ1) is 15.2. The summed E-state index contributed by atoms with van der Waals surface area (Å²) < 4.78 is 36.4. The van der Waals surface area contributed by atoms with Gasteiger partial charge in [-0.25, -0.2) is 0 Å². The molecular formula is C9H18F3N3O. The van der Waals surface area contributed by atoms with Gasteiger partial charge in [0.2, 0.25) is 5.91 Å². The highest BCUT2D eigenvalue weighted by Crippen LogP contribution is 2.16. The predicted molar refractivity (Wildman–Crippen MR) is 54.9 cm³/mol. The van der Waals surface area contributed by atoms with E-state index in [1.165, 1.54) is 0 Å². The number of halogens is 3. The Morgan fingerprint density at radius 3 is 2.50 bits per heavy atom. The van der Waals surface area contributed by atoms with Crippen molar-refractivity contribution < 1.29 is 18.0 Å². The van der Waals surface area contributed by atoms with E-state index in [1.54, 1.807) is 6.92 Å². The van der Waals surface area contributed by atoms with Crippen molar-refractivity contribution in [1.82, 2.24) is 10.2 Å². The molecule has 0 fully saturated rings. The highest BCUT2D eigenvalue weighted by Gasteiger charge is 2.30. The number of nitrogens with zero attached hydrogens (tertiary/aromatic N) is 1. The van der Waals surface area contributed by atoms with Crippen LogP contribution in [0.5, 0.6) is 0 Å². The molecule has 0 aromatic rings. The van der Waals surface area contributed by atoms with E-state index in [1.807, 2.05) is 0 Å². The summed E-state index contributed by atoms with van der Waals surface area (Å²) in [6.07, 6.45) is -3.70. The predicted octanol–water partition coefficient (Wildman–Crippen LogP) is 0.336. The van der Waals surface area contributed by atoms with Crippen molar-refractivity contribution in [1.29, 1.82) is 0 Å². The second-order valence-corrected chi connectivity index (χ2v) is 3.46. The van der Waals surface area contributed by atoms with Gasteiger partial charge in [-0.3, -0.25) is 9.69 Å². The highest BCUT2D eigenvalue weighted by atomic mass is 19.4. The molecule has 7 heteroatoms. The molecule has 0 aromatic carbocycles. The first-order valence-electron chi connectivity index (χ1n) is 5.15. The lowest BCUT2D eigenvalue weighted by Crippen LogP contribution is -2.43. The standard InChI is InChI=1S/C9H18F3N3O/c1-2-5-15(7-9(10,11)12)6-8(16)14-4-3-13/h2-7,13H2,1H3,(H,14,16). The van der Waals surface area contributed by atoms with Crippen molar-refractivity contribution in [2.24, 2.45) is 5.73 Å². The fourth-order valence-corrected chi connectivity index (χ4v) is 1.25. The number of hydrogen-bond acceptors (Lipinski definition) is 3. The molecule has 0 aliphatic heterocycles. The summed E-state index contributed by atoms with van der Waals surface area (Å²) in [5.41, 5.74) is 5.16. The first-order valence-corrected chi connectivity index (χ1v) is 5.15. The second kappa shape index (κ2) is 7.45. The molecule has 0 radical (unpaired) electrons. The van der Waals surface area contributed by atoms with Crippen LogP contribution in [0.15, 0.2) is 0 Å². The molecule has 16 heavy (non-hydrogen) atoms. The van der Waals surface area contributed by atoms with Crippen LogP contribution in [0.3, 0.4) is 0 Å². The largest absolute Gasteiger partial charge is 0.401 e. The maximum atomic E-state index is 12.1. The van der Waals surface area contributed by atoms with Gasteiger partial charge < -0.3 is 11.1 Å². The molecule has 4 nitrogen and oxygen atoms in total. The minimum atomic E-state index is -4.27. The van der Waals surface area contributed by atoms with Gasteiger partial charge in [0.1, 0.15) is 0 Å². The molecule has 0 bridgehead atoms. The number of nitrogens with two attached hydrogens (primary N) is 1. The highest BCUT2D eigenvalue weighted by molar-refractivity contribution is 5.77. The zero-order valence-electron chi connectivity index (χ0n) is 9.31. The average Bonchev–Trinajstić information content (AvgIpc) is 2.12. The van der Waals surface area contributed by atoms with E-state index in [2.05, 4.69) is 5.32 Å². The molecule has 1 amide bonds. The van der Waals surface area contributed by atoms with Crippen molar-refractivity contribution >= 4 is 5.91 Å². The molecule has 0 unspecified atom stereocenters. The van der Waals surface area contributed by atoms with Gasteiger partial charge >= 0.3 is 6.18 Å². The third-order valence-corrected chi connectivity index (χ3v) is 1.78. The summed E-state index contributed by atoms with van der Waals surface area (Å²) in [6.45, 7) is 1.27. The second-order valence-electron chi connectivity index (χ2n) is 3.46. The van der Waals surface area contributed by atoms with Crippen LogP contribution >= 0.6 is 0 Å². The van der Waals surface area contributed by atoms with Crippen molar-refractivity contribution in [2.75, 3.05) is 32.7 Å². The molecule has 0 aliphatic rings. The normalized spacial score (nSPS) is 11.9. The number of hydrogen-bond donors (Lipinski definition) is 2. The lowest BCUT2D eigenvalue weighted by molar-refractivity contribution is -0.148. The molecule has 3 N–H and O–H groups in total. The lowest BCUT2D eigenvalue weighted by atomic mass is 10.3. The average molecular weight is 241 g/mol. The van der Waals surface area contributed by atoms with Gasteiger partial charge in [-0.15, -0.1) is 0 Å². The van der Waals surface area contributed by atoms with Gasteiger partial charge in [-0.2, -0.15) is 13.2 Å². The zero-order valence-corrected chi connectivity index (χ0v) is 9.31. The van der Waals surface area contributed by atoms with Crippen LogP contribution in [-0.2, 0) is 4.79 Å². The SMILES string of the molecule is CCCN(CC(=O)NCCN)CC(F)(F)F. The monoisotopic (exact) mass is 241 g/mol. The Labute approximate surface area is 93.0 Å².